The molecule has 0 aliphatic carbocycles. The van der Waals surface area contributed by atoms with E-state index >= 15 is 0 Å². The van der Waals surface area contributed by atoms with Crippen LogP contribution < -0.4 is 15.9 Å². The van der Waals surface area contributed by atoms with Gasteiger partial charge in [-0.15, -0.1) is 0 Å². The summed E-state index contributed by atoms with van der Waals surface area (Å²) in [6, 6.07) is 14.7. The minimum absolute atomic E-state index is 0.0493. The molecule has 160 valence electrons. The molecule has 9 nitrogen and oxygen atoms in total. The van der Waals surface area contributed by atoms with Crippen LogP contribution in [0.1, 0.15) is 6.42 Å². The van der Waals surface area contributed by atoms with Gasteiger partial charge in [0.05, 0.1) is 17.8 Å². The van der Waals surface area contributed by atoms with Gasteiger partial charge in [0.1, 0.15) is 17.5 Å². The van der Waals surface area contributed by atoms with Crippen molar-refractivity contribution in [1.29, 1.82) is 0 Å². The maximum atomic E-state index is 13.2. The van der Waals surface area contributed by atoms with Gasteiger partial charge in [0, 0.05) is 18.7 Å². The predicted molar refractivity (Wildman–Crippen MR) is 114 cm³/mol. The summed E-state index contributed by atoms with van der Waals surface area (Å²) in [5.74, 6) is -1.60. The number of benzene rings is 2. The lowest BCUT2D eigenvalue weighted by Crippen LogP contribution is -2.37. The summed E-state index contributed by atoms with van der Waals surface area (Å²) < 4.78 is 15.6. The van der Waals surface area contributed by atoms with Crippen molar-refractivity contribution in [3.8, 4) is 5.69 Å². The van der Waals surface area contributed by atoms with Gasteiger partial charge >= 0.3 is 0 Å². The standard InChI is InChI=1S/C22H17FN6O3/c23-15-6-8-17(9-7-15)29-20-18(11-25-29)22(32)28(13-24-20)26-21(31)14-10-19(30)27(12-14)16-4-2-1-3-5-16/h1-9,11,13-14H,10,12H2,(H,26,31). The van der Waals surface area contributed by atoms with Crippen molar-refractivity contribution < 1.29 is 14.0 Å². The fourth-order valence-corrected chi connectivity index (χ4v) is 3.71. The monoisotopic (exact) mass is 432 g/mol. The second-order valence-corrected chi connectivity index (χ2v) is 7.41. The number of carbonyl (C=O) groups excluding carboxylic acids is 2. The Kier molecular flexibility index (Phi) is 4.74. The number of nitrogens with zero attached hydrogens (tertiary/aromatic N) is 5. The van der Waals surface area contributed by atoms with E-state index in [2.05, 4.69) is 15.5 Å². The maximum Gasteiger partial charge on any atom is 0.283 e. The first kappa shape index (κ1) is 19.6. The molecule has 1 saturated heterocycles. The van der Waals surface area contributed by atoms with Gasteiger partial charge in [0.15, 0.2) is 5.65 Å². The first-order chi connectivity index (χ1) is 15.5. The second-order valence-electron chi connectivity index (χ2n) is 7.41. The molecule has 0 spiro atoms. The summed E-state index contributed by atoms with van der Waals surface area (Å²) >= 11 is 0. The molecule has 1 atom stereocenters. The van der Waals surface area contributed by atoms with Crippen LogP contribution in [0, 0.1) is 11.7 Å². The van der Waals surface area contributed by atoms with Crippen molar-refractivity contribution in [3.05, 3.63) is 83.3 Å². The van der Waals surface area contributed by atoms with E-state index in [4.69, 9.17) is 0 Å². The fourth-order valence-electron chi connectivity index (χ4n) is 3.71. The van der Waals surface area contributed by atoms with Gasteiger partial charge in [0.25, 0.3) is 5.56 Å². The first-order valence-electron chi connectivity index (χ1n) is 9.89. The molecule has 2 amide bonds. The van der Waals surface area contributed by atoms with Crippen LogP contribution in [0.4, 0.5) is 10.1 Å². The Morgan fingerprint density at radius 2 is 1.78 bits per heavy atom. The van der Waals surface area contributed by atoms with E-state index in [9.17, 15) is 18.8 Å². The van der Waals surface area contributed by atoms with E-state index < -0.39 is 17.4 Å². The third kappa shape index (κ3) is 3.41. The Balaban J connectivity index is 1.37. The van der Waals surface area contributed by atoms with Crippen LogP contribution in [0.25, 0.3) is 16.7 Å². The third-order valence-corrected chi connectivity index (χ3v) is 5.35. The van der Waals surface area contributed by atoms with Gasteiger partial charge in [-0.25, -0.2) is 18.7 Å². The van der Waals surface area contributed by atoms with Crippen molar-refractivity contribution in [2.24, 2.45) is 5.92 Å². The summed E-state index contributed by atoms with van der Waals surface area (Å²) in [7, 11) is 0. The van der Waals surface area contributed by atoms with Crippen molar-refractivity contribution in [1.82, 2.24) is 19.4 Å². The van der Waals surface area contributed by atoms with E-state index in [1.807, 2.05) is 18.2 Å². The Bertz CT molecular complexity index is 1380. The van der Waals surface area contributed by atoms with Gasteiger partial charge in [-0.1, -0.05) is 18.2 Å². The molecule has 1 fully saturated rings. The van der Waals surface area contributed by atoms with Crippen molar-refractivity contribution in [2.75, 3.05) is 16.9 Å². The zero-order valence-electron chi connectivity index (χ0n) is 16.7. The molecule has 5 rings (SSSR count). The topological polar surface area (TPSA) is 102 Å². The number of hydrogen-bond acceptors (Lipinski definition) is 5. The van der Waals surface area contributed by atoms with Crippen LogP contribution in [-0.4, -0.2) is 37.8 Å². The summed E-state index contributed by atoms with van der Waals surface area (Å²) in [5, 5.41) is 4.35. The molecule has 4 aromatic rings. The molecular formula is C22H17FN6O3. The molecule has 1 unspecified atom stereocenters. The van der Waals surface area contributed by atoms with Crippen LogP contribution in [0.15, 0.2) is 71.9 Å². The van der Waals surface area contributed by atoms with Crippen LogP contribution in [-0.2, 0) is 9.59 Å². The summed E-state index contributed by atoms with van der Waals surface area (Å²) in [4.78, 5) is 43.8. The van der Waals surface area contributed by atoms with E-state index in [0.29, 0.717) is 5.69 Å². The molecule has 1 aliphatic heterocycles. The molecule has 10 heteroatoms. The molecule has 32 heavy (non-hydrogen) atoms. The molecule has 3 heterocycles. The third-order valence-electron chi connectivity index (χ3n) is 5.35. The van der Waals surface area contributed by atoms with Crippen LogP contribution in [0.5, 0.6) is 0 Å². The predicted octanol–water partition coefficient (Wildman–Crippen LogP) is 1.84. The molecule has 0 saturated carbocycles. The largest absolute Gasteiger partial charge is 0.312 e. The number of nitrogens with one attached hydrogen (secondary N) is 1. The molecule has 0 bridgehead atoms. The van der Waals surface area contributed by atoms with Crippen LogP contribution >= 0.6 is 0 Å². The lowest BCUT2D eigenvalue weighted by molar-refractivity contribution is -0.123. The quantitative estimate of drug-likeness (QED) is 0.530. The van der Waals surface area contributed by atoms with Crippen LogP contribution in [0.2, 0.25) is 0 Å². The second kappa shape index (κ2) is 7.73. The number of para-hydroxylation sites is 1. The van der Waals surface area contributed by atoms with E-state index in [1.54, 1.807) is 17.0 Å². The smallest absolute Gasteiger partial charge is 0.283 e. The summed E-state index contributed by atoms with van der Waals surface area (Å²) in [6.07, 6.45) is 2.58. The highest BCUT2D eigenvalue weighted by atomic mass is 19.1. The first-order valence-corrected chi connectivity index (χ1v) is 9.89. The molecule has 2 aromatic heterocycles. The SMILES string of the molecule is O=C(Nn1cnc2c(cnn2-c2ccc(F)cc2)c1=O)C1CC(=O)N(c2ccccc2)C1. The Morgan fingerprint density at radius 3 is 2.53 bits per heavy atom. The lowest BCUT2D eigenvalue weighted by atomic mass is 10.1. The zero-order chi connectivity index (χ0) is 22.2. The van der Waals surface area contributed by atoms with Gasteiger partial charge < -0.3 is 4.90 Å². The molecular weight excluding hydrogens is 415 g/mol. The lowest BCUT2D eigenvalue weighted by Gasteiger charge is -2.16. The van der Waals surface area contributed by atoms with Gasteiger partial charge in [-0.3, -0.25) is 19.8 Å². The van der Waals surface area contributed by atoms with Crippen molar-refractivity contribution in [2.45, 2.75) is 6.42 Å². The van der Waals surface area contributed by atoms with E-state index in [-0.39, 0.29) is 35.7 Å². The number of amides is 2. The number of fused-ring (bicyclic) bond motifs is 1. The fraction of sp³-hybridized carbons (Fsp3) is 0.136. The number of carbonyl (C=O) groups is 2. The highest BCUT2D eigenvalue weighted by Crippen LogP contribution is 2.25. The van der Waals surface area contributed by atoms with Gasteiger partial charge in [-0.05, 0) is 36.4 Å². The number of hydrogen-bond donors (Lipinski definition) is 1. The highest BCUT2D eigenvalue weighted by Gasteiger charge is 2.35. The summed E-state index contributed by atoms with van der Waals surface area (Å²) in [5.41, 5.74) is 3.56. The Hall–Kier alpha value is -4.34. The number of aromatic nitrogens is 4. The van der Waals surface area contributed by atoms with Gasteiger partial charge in [0.2, 0.25) is 11.8 Å². The average Bonchev–Trinajstić information content (AvgIpc) is 3.41. The minimum atomic E-state index is -0.604. The maximum absolute atomic E-state index is 13.2. The average molecular weight is 432 g/mol. The van der Waals surface area contributed by atoms with Crippen molar-refractivity contribution >= 4 is 28.5 Å². The minimum Gasteiger partial charge on any atom is -0.312 e. The van der Waals surface area contributed by atoms with E-state index in [0.717, 1.165) is 10.4 Å². The van der Waals surface area contributed by atoms with E-state index in [1.165, 1.54) is 41.5 Å². The number of halogens is 1. The van der Waals surface area contributed by atoms with Crippen LogP contribution in [0.3, 0.4) is 0 Å². The molecule has 1 N–H and O–H groups in total. The molecule has 0 radical (unpaired) electrons. The Morgan fingerprint density at radius 1 is 1.03 bits per heavy atom. The Labute approximate surface area is 180 Å². The van der Waals surface area contributed by atoms with Crippen molar-refractivity contribution in [3.63, 3.8) is 0 Å². The molecule has 2 aromatic carbocycles. The van der Waals surface area contributed by atoms with Gasteiger partial charge in [-0.2, -0.15) is 5.10 Å². The summed E-state index contributed by atoms with van der Waals surface area (Å²) in [6.45, 7) is 0.224. The highest BCUT2D eigenvalue weighted by molar-refractivity contribution is 6.01. The zero-order valence-corrected chi connectivity index (χ0v) is 16.7. The number of rotatable bonds is 4. The molecule has 1 aliphatic rings. The normalized spacial score (nSPS) is 16.0. The number of anilines is 1.